The minimum Gasteiger partial charge on any atom is -0.481 e. The predicted octanol–water partition coefficient (Wildman–Crippen LogP) is 2.60. The van der Waals surface area contributed by atoms with Crippen LogP contribution in [0.4, 0.5) is 11.5 Å². The summed E-state index contributed by atoms with van der Waals surface area (Å²) in [7, 11) is 4.03. The van der Waals surface area contributed by atoms with Crippen LogP contribution < -0.4 is 9.80 Å². The zero-order valence-corrected chi connectivity index (χ0v) is 13.0. The number of hydrogen-bond donors (Lipinski definition) is 1. The molecule has 3 rings (SSSR count). The number of anilines is 2. The predicted molar refractivity (Wildman–Crippen MR) is 88.6 cm³/mol. The van der Waals surface area contributed by atoms with Crippen molar-refractivity contribution in [1.29, 1.82) is 0 Å². The Morgan fingerprint density at radius 3 is 2.91 bits per heavy atom. The van der Waals surface area contributed by atoms with Crippen molar-refractivity contribution in [3.05, 3.63) is 30.5 Å². The molecule has 1 saturated heterocycles. The second kappa shape index (κ2) is 5.83. The third-order valence-corrected chi connectivity index (χ3v) is 4.30. The highest BCUT2D eigenvalue weighted by molar-refractivity contribution is 6.02. The number of hydrogen-bond acceptors (Lipinski definition) is 4. The lowest BCUT2D eigenvalue weighted by molar-refractivity contribution is -0.141. The van der Waals surface area contributed by atoms with Gasteiger partial charge in [0.25, 0.3) is 0 Å². The molecular weight excluding hydrogens is 278 g/mol. The van der Waals surface area contributed by atoms with Crippen LogP contribution in [0.2, 0.25) is 0 Å². The molecule has 0 radical (unpaired) electrons. The van der Waals surface area contributed by atoms with Crippen molar-refractivity contribution in [3.8, 4) is 0 Å². The number of aliphatic carboxylic acids is 1. The molecule has 0 amide bonds. The van der Waals surface area contributed by atoms with Crippen molar-refractivity contribution in [3.63, 3.8) is 0 Å². The normalized spacial score (nSPS) is 18.5. The van der Waals surface area contributed by atoms with Gasteiger partial charge in [-0.1, -0.05) is 12.1 Å². The number of nitrogens with zero attached hydrogens (tertiary/aromatic N) is 3. The van der Waals surface area contributed by atoms with Gasteiger partial charge in [0.05, 0.1) is 5.92 Å². The fourth-order valence-electron chi connectivity index (χ4n) is 3.18. The van der Waals surface area contributed by atoms with Gasteiger partial charge in [0, 0.05) is 44.5 Å². The van der Waals surface area contributed by atoms with Gasteiger partial charge in [0.15, 0.2) is 0 Å². The van der Waals surface area contributed by atoms with Gasteiger partial charge >= 0.3 is 5.97 Å². The summed E-state index contributed by atoms with van der Waals surface area (Å²) < 4.78 is 0. The Bertz CT molecular complexity index is 694. The van der Waals surface area contributed by atoms with Crippen molar-refractivity contribution >= 4 is 28.2 Å². The van der Waals surface area contributed by atoms with Crippen molar-refractivity contribution in [1.82, 2.24) is 4.98 Å². The van der Waals surface area contributed by atoms with Crippen LogP contribution in [0, 0.1) is 5.92 Å². The fourth-order valence-corrected chi connectivity index (χ4v) is 3.18. The summed E-state index contributed by atoms with van der Waals surface area (Å²) >= 11 is 0. The zero-order valence-electron chi connectivity index (χ0n) is 13.0. The molecule has 1 atom stereocenters. The molecule has 1 aliphatic heterocycles. The van der Waals surface area contributed by atoms with E-state index in [0.717, 1.165) is 41.7 Å². The zero-order chi connectivity index (χ0) is 15.7. The molecule has 5 heteroatoms. The number of fused-ring (bicyclic) bond motifs is 1. The summed E-state index contributed by atoms with van der Waals surface area (Å²) in [4.78, 5) is 20.1. The summed E-state index contributed by atoms with van der Waals surface area (Å²) in [6.45, 7) is 1.39. The number of pyridine rings is 1. The standard InChI is InChI=1S/C17H21N3O2/c1-19(2)14-7-3-5-12-8-9-18-16(15(12)14)20-10-4-6-13(11-20)17(21)22/h3,5,7-9,13H,4,6,10-11H2,1-2H3,(H,21,22). The van der Waals surface area contributed by atoms with Crippen LogP contribution in [0.1, 0.15) is 12.8 Å². The van der Waals surface area contributed by atoms with Gasteiger partial charge in [0.2, 0.25) is 0 Å². The largest absolute Gasteiger partial charge is 0.481 e. The fraction of sp³-hybridized carbons (Fsp3) is 0.412. The van der Waals surface area contributed by atoms with Gasteiger partial charge < -0.3 is 14.9 Å². The quantitative estimate of drug-likeness (QED) is 0.944. The number of benzene rings is 1. The van der Waals surface area contributed by atoms with Gasteiger partial charge in [-0.3, -0.25) is 4.79 Å². The van der Waals surface area contributed by atoms with Crippen LogP contribution in [0.25, 0.3) is 10.8 Å². The lowest BCUT2D eigenvalue weighted by atomic mass is 9.97. The van der Waals surface area contributed by atoms with E-state index in [-0.39, 0.29) is 5.92 Å². The maximum Gasteiger partial charge on any atom is 0.308 e. The smallest absolute Gasteiger partial charge is 0.308 e. The highest BCUT2D eigenvalue weighted by Gasteiger charge is 2.27. The van der Waals surface area contributed by atoms with Gasteiger partial charge in [0.1, 0.15) is 5.82 Å². The maximum atomic E-state index is 11.3. The van der Waals surface area contributed by atoms with E-state index in [1.807, 2.05) is 32.4 Å². The second-order valence-corrected chi connectivity index (χ2v) is 6.03. The summed E-state index contributed by atoms with van der Waals surface area (Å²) in [5.74, 6) is -0.122. The molecule has 1 fully saturated rings. The molecule has 1 aromatic carbocycles. The molecule has 2 aromatic rings. The molecule has 22 heavy (non-hydrogen) atoms. The monoisotopic (exact) mass is 299 g/mol. The van der Waals surface area contributed by atoms with E-state index in [1.165, 1.54) is 0 Å². The van der Waals surface area contributed by atoms with Crippen molar-refractivity contribution in [2.24, 2.45) is 5.92 Å². The molecule has 0 spiro atoms. The van der Waals surface area contributed by atoms with Crippen LogP contribution in [0.3, 0.4) is 0 Å². The average molecular weight is 299 g/mol. The third kappa shape index (κ3) is 2.58. The SMILES string of the molecule is CN(C)c1cccc2ccnc(N3CCCC(C(=O)O)C3)c12. The van der Waals surface area contributed by atoms with Crippen LogP contribution >= 0.6 is 0 Å². The Balaban J connectivity index is 2.08. The van der Waals surface area contributed by atoms with E-state index in [9.17, 15) is 9.90 Å². The lowest BCUT2D eigenvalue weighted by Crippen LogP contribution is -2.39. The minimum absolute atomic E-state index is 0.308. The number of carboxylic acid groups (broad SMARTS) is 1. The van der Waals surface area contributed by atoms with Crippen LogP contribution in [-0.2, 0) is 4.79 Å². The topological polar surface area (TPSA) is 56.7 Å². The molecule has 2 heterocycles. The molecule has 0 saturated carbocycles. The Morgan fingerprint density at radius 1 is 1.36 bits per heavy atom. The first-order valence-corrected chi connectivity index (χ1v) is 7.60. The lowest BCUT2D eigenvalue weighted by Gasteiger charge is -2.33. The highest BCUT2D eigenvalue weighted by Crippen LogP contribution is 2.34. The first kappa shape index (κ1) is 14.6. The molecule has 0 aliphatic carbocycles. The Hall–Kier alpha value is -2.30. The summed E-state index contributed by atoms with van der Waals surface area (Å²) in [6, 6.07) is 8.19. The minimum atomic E-state index is -0.710. The number of piperidine rings is 1. The van der Waals surface area contributed by atoms with E-state index in [4.69, 9.17) is 0 Å². The number of rotatable bonds is 3. The number of carboxylic acids is 1. The first-order valence-electron chi connectivity index (χ1n) is 7.60. The van der Waals surface area contributed by atoms with Gasteiger partial charge in [-0.2, -0.15) is 0 Å². The van der Waals surface area contributed by atoms with E-state index in [0.29, 0.717) is 6.54 Å². The van der Waals surface area contributed by atoms with E-state index < -0.39 is 5.97 Å². The molecule has 1 unspecified atom stereocenters. The van der Waals surface area contributed by atoms with Gasteiger partial charge in [-0.15, -0.1) is 0 Å². The third-order valence-electron chi connectivity index (χ3n) is 4.30. The number of aromatic nitrogens is 1. The second-order valence-electron chi connectivity index (χ2n) is 6.03. The van der Waals surface area contributed by atoms with E-state index in [2.05, 4.69) is 26.9 Å². The molecule has 5 nitrogen and oxygen atoms in total. The summed E-state index contributed by atoms with van der Waals surface area (Å²) in [5, 5.41) is 11.5. The van der Waals surface area contributed by atoms with Crippen molar-refractivity contribution in [2.75, 3.05) is 37.0 Å². The van der Waals surface area contributed by atoms with Crippen LogP contribution in [0.5, 0.6) is 0 Å². The summed E-state index contributed by atoms with van der Waals surface area (Å²) in [5.41, 5.74) is 1.11. The Labute approximate surface area is 130 Å². The molecular formula is C17H21N3O2. The van der Waals surface area contributed by atoms with Crippen molar-refractivity contribution in [2.45, 2.75) is 12.8 Å². The summed E-state index contributed by atoms with van der Waals surface area (Å²) in [6.07, 6.45) is 3.44. The average Bonchev–Trinajstić information content (AvgIpc) is 2.53. The van der Waals surface area contributed by atoms with Gasteiger partial charge in [-0.05, 0) is 30.4 Å². The number of carbonyl (C=O) groups is 1. The van der Waals surface area contributed by atoms with Gasteiger partial charge in [-0.25, -0.2) is 4.98 Å². The molecule has 1 aliphatic rings. The van der Waals surface area contributed by atoms with Crippen molar-refractivity contribution < 1.29 is 9.90 Å². The van der Waals surface area contributed by atoms with E-state index in [1.54, 1.807) is 0 Å². The maximum absolute atomic E-state index is 11.3. The van der Waals surface area contributed by atoms with Crippen LogP contribution in [0.15, 0.2) is 30.5 Å². The van der Waals surface area contributed by atoms with E-state index >= 15 is 0 Å². The molecule has 1 N–H and O–H groups in total. The molecule has 116 valence electrons. The highest BCUT2D eigenvalue weighted by atomic mass is 16.4. The molecule has 1 aromatic heterocycles. The Morgan fingerprint density at radius 2 is 2.18 bits per heavy atom. The first-order chi connectivity index (χ1) is 10.6. The molecule has 0 bridgehead atoms. The Kier molecular flexibility index (Phi) is 3.88. The van der Waals surface area contributed by atoms with Crippen LogP contribution in [-0.4, -0.2) is 43.2 Å².